The van der Waals surface area contributed by atoms with Crippen LogP contribution in [0.4, 0.5) is 15.9 Å². The molecule has 1 fully saturated rings. The highest BCUT2D eigenvalue weighted by Crippen LogP contribution is 2.28. The molecule has 3 aromatic heterocycles. The van der Waals surface area contributed by atoms with Crippen LogP contribution < -0.4 is 5.32 Å². The van der Waals surface area contributed by atoms with Crippen molar-refractivity contribution in [2.45, 2.75) is 12.3 Å². The lowest BCUT2D eigenvalue weighted by atomic mass is 10.1. The van der Waals surface area contributed by atoms with Gasteiger partial charge in [-0.25, -0.2) is 14.4 Å². The van der Waals surface area contributed by atoms with Crippen LogP contribution in [0.2, 0.25) is 0 Å². The van der Waals surface area contributed by atoms with Crippen molar-refractivity contribution in [1.82, 2.24) is 29.6 Å². The van der Waals surface area contributed by atoms with Crippen molar-refractivity contribution >= 4 is 28.3 Å². The number of carbonyl (C=O) groups excluding carboxylic acids is 1. The quantitative estimate of drug-likeness (QED) is 0.339. The van der Waals surface area contributed by atoms with Crippen molar-refractivity contribution in [2.24, 2.45) is 7.05 Å². The van der Waals surface area contributed by atoms with Gasteiger partial charge in [0.15, 0.2) is 5.82 Å². The van der Waals surface area contributed by atoms with Gasteiger partial charge in [0, 0.05) is 53.7 Å². The summed E-state index contributed by atoms with van der Waals surface area (Å²) in [5.74, 6) is 0.886. The highest BCUT2D eigenvalue weighted by molar-refractivity contribution is 5.99. The van der Waals surface area contributed by atoms with Crippen LogP contribution in [0, 0.1) is 0 Å². The number of rotatable bonds is 5. The Hall–Kier alpha value is -4.57. The van der Waals surface area contributed by atoms with Gasteiger partial charge in [0.25, 0.3) is 5.91 Å². The number of anilines is 2. The van der Waals surface area contributed by atoms with Gasteiger partial charge in [-0.05, 0) is 35.9 Å². The number of benzene rings is 2. The molecule has 0 bridgehead atoms. The Balaban J connectivity index is 1.24. The maximum atomic E-state index is 13.8. The summed E-state index contributed by atoms with van der Waals surface area (Å²) in [7, 11) is 1.80. The minimum atomic E-state index is -1.42. The van der Waals surface area contributed by atoms with Crippen LogP contribution in [0.15, 0.2) is 73.2 Å². The van der Waals surface area contributed by atoms with Gasteiger partial charge >= 0.3 is 0 Å². The van der Waals surface area contributed by atoms with E-state index in [1.54, 1.807) is 36.1 Å². The number of halogens is 1. The number of aliphatic hydroxyl groups is 1. The number of amides is 1. The smallest absolute Gasteiger partial charge is 0.270 e. The number of hydrogen-bond donors (Lipinski definition) is 3. The lowest BCUT2D eigenvalue weighted by Gasteiger charge is -2.15. The molecule has 3 N–H and O–H groups in total. The summed E-state index contributed by atoms with van der Waals surface area (Å²) in [5.41, 5.74) is 5.02. The van der Waals surface area contributed by atoms with Gasteiger partial charge in [0.2, 0.25) is 0 Å². The molecule has 0 radical (unpaired) electrons. The van der Waals surface area contributed by atoms with E-state index in [0.717, 1.165) is 33.3 Å². The van der Waals surface area contributed by atoms with Crippen molar-refractivity contribution in [2.75, 3.05) is 18.4 Å². The number of fused-ring (bicyclic) bond motifs is 1. The van der Waals surface area contributed by atoms with Crippen molar-refractivity contribution in [1.29, 1.82) is 0 Å². The topological polar surface area (TPSA) is 112 Å². The Labute approximate surface area is 211 Å². The zero-order valence-corrected chi connectivity index (χ0v) is 20.0. The molecule has 5 aromatic rings. The van der Waals surface area contributed by atoms with E-state index in [9.17, 15) is 14.3 Å². The molecular weight excluding hydrogens is 473 g/mol. The fraction of sp³-hybridized carbons (Fsp3) is 0.185. The van der Waals surface area contributed by atoms with E-state index < -0.39 is 12.3 Å². The Bertz CT molecular complexity index is 1570. The molecule has 1 amide bonds. The average Bonchev–Trinajstić information content (AvgIpc) is 3.64. The Morgan fingerprint density at radius 1 is 1.08 bits per heavy atom. The maximum absolute atomic E-state index is 13.8. The maximum Gasteiger partial charge on any atom is 0.270 e. The van der Waals surface area contributed by atoms with E-state index >= 15 is 0 Å². The Kier molecular flexibility index (Phi) is 5.65. The number of alkyl halides is 1. The molecule has 2 aromatic carbocycles. The minimum absolute atomic E-state index is 0.00748. The summed E-state index contributed by atoms with van der Waals surface area (Å²) in [4.78, 5) is 23.5. The van der Waals surface area contributed by atoms with E-state index in [1.807, 2.05) is 48.7 Å². The van der Waals surface area contributed by atoms with E-state index in [0.29, 0.717) is 17.3 Å². The Morgan fingerprint density at radius 3 is 2.62 bits per heavy atom. The first kappa shape index (κ1) is 22.9. The lowest BCUT2D eigenvalue weighted by molar-refractivity contribution is 0.0755. The summed E-state index contributed by atoms with van der Waals surface area (Å²) in [5, 5.41) is 20.7. The number of aromatic nitrogens is 5. The number of H-pyrrole nitrogens is 1. The van der Waals surface area contributed by atoms with Crippen LogP contribution in [0.5, 0.6) is 0 Å². The molecular formula is C27H24FN7O2. The third-order valence-electron chi connectivity index (χ3n) is 6.67. The van der Waals surface area contributed by atoms with Crippen LogP contribution in [-0.4, -0.2) is 66.0 Å². The second kappa shape index (κ2) is 9.14. The second-order valence-corrected chi connectivity index (χ2v) is 9.11. The predicted octanol–water partition coefficient (Wildman–Crippen LogP) is 3.92. The second-order valence-electron chi connectivity index (χ2n) is 9.11. The standard InChI is InChI=1S/C27H24FN7O2/c1-34-22-11-18(3-2-17(22)10-23(34)27(37)35-14-21(28)24(36)15-35)26-29-9-8-25(33-26)32-20-6-4-16(5-7-20)19-12-30-31-13-19/h2-13,21,24,36H,14-15H2,1H3,(H,30,31)(H,29,32,33)/t21-,24-/m1/s1. The predicted molar refractivity (Wildman–Crippen MR) is 138 cm³/mol. The molecule has 10 heteroatoms. The number of aliphatic hydroxyl groups excluding tert-OH is 1. The minimum Gasteiger partial charge on any atom is -0.388 e. The summed E-state index contributed by atoms with van der Waals surface area (Å²) in [6.45, 7) is -0.112. The molecule has 1 saturated heterocycles. The van der Waals surface area contributed by atoms with Gasteiger partial charge in [-0.2, -0.15) is 5.10 Å². The number of hydrogen-bond acceptors (Lipinski definition) is 6. The fourth-order valence-electron chi connectivity index (χ4n) is 4.62. The lowest BCUT2D eigenvalue weighted by Crippen LogP contribution is -2.31. The third kappa shape index (κ3) is 4.31. The number of likely N-dealkylation sites (tertiary alicyclic amines) is 1. The summed E-state index contributed by atoms with van der Waals surface area (Å²) in [6.07, 6.45) is 2.76. The highest BCUT2D eigenvalue weighted by atomic mass is 19.1. The number of nitrogens with one attached hydrogen (secondary N) is 2. The molecule has 9 nitrogen and oxygen atoms in total. The summed E-state index contributed by atoms with van der Waals surface area (Å²) < 4.78 is 15.5. The van der Waals surface area contributed by atoms with Crippen LogP contribution in [0.25, 0.3) is 33.4 Å². The largest absolute Gasteiger partial charge is 0.388 e. The number of carbonyl (C=O) groups is 1. The molecule has 37 heavy (non-hydrogen) atoms. The summed E-state index contributed by atoms with van der Waals surface area (Å²) >= 11 is 0. The molecule has 0 saturated carbocycles. The van der Waals surface area contributed by atoms with Gasteiger partial charge in [-0.15, -0.1) is 0 Å². The van der Waals surface area contributed by atoms with Crippen molar-refractivity contribution < 1.29 is 14.3 Å². The molecule has 0 aliphatic carbocycles. The zero-order chi connectivity index (χ0) is 25.5. The van der Waals surface area contributed by atoms with Crippen molar-refractivity contribution in [3.8, 4) is 22.5 Å². The first-order valence-corrected chi connectivity index (χ1v) is 11.9. The number of aromatic amines is 1. The zero-order valence-electron chi connectivity index (χ0n) is 20.0. The normalized spacial score (nSPS) is 17.4. The first-order chi connectivity index (χ1) is 18.0. The number of aryl methyl sites for hydroxylation is 1. The Morgan fingerprint density at radius 2 is 1.89 bits per heavy atom. The molecule has 0 spiro atoms. The van der Waals surface area contributed by atoms with Crippen LogP contribution in [0.3, 0.4) is 0 Å². The monoisotopic (exact) mass is 497 g/mol. The molecule has 2 atom stereocenters. The van der Waals surface area contributed by atoms with Crippen molar-refractivity contribution in [3.05, 3.63) is 78.9 Å². The molecule has 186 valence electrons. The summed E-state index contributed by atoms with van der Waals surface area (Å²) in [6, 6.07) is 17.3. The molecule has 6 rings (SSSR count). The van der Waals surface area contributed by atoms with E-state index in [2.05, 4.69) is 25.5 Å². The van der Waals surface area contributed by atoms with E-state index in [-0.39, 0.29) is 19.0 Å². The van der Waals surface area contributed by atoms with Crippen LogP contribution in [0.1, 0.15) is 10.5 Å². The molecule has 4 heterocycles. The van der Waals surface area contributed by atoms with Gasteiger partial charge in [-0.3, -0.25) is 9.89 Å². The third-order valence-corrected chi connectivity index (χ3v) is 6.67. The van der Waals surface area contributed by atoms with Gasteiger partial charge in [0.1, 0.15) is 23.8 Å². The van der Waals surface area contributed by atoms with Crippen LogP contribution in [-0.2, 0) is 7.05 Å². The highest BCUT2D eigenvalue weighted by Gasteiger charge is 2.35. The van der Waals surface area contributed by atoms with E-state index in [4.69, 9.17) is 0 Å². The van der Waals surface area contributed by atoms with Crippen molar-refractivity contribution in [3.63, 3.8) is 0 Å². The average molecular weight is 498 g/mol. The number of nitrogens with zero attached hydrogens (tertiary/aromatic N) is 5. The molecule has 0 unspecified atom stereocenters. The fourth-order valence-corrected chi connectivity index (χ4v) is 4.62. The van der Waals surface area contributed by atoms with Gasteiger partial charge < -0.3 is 19.9 Å². The van der Waals surface area contributed by atoms with Gasteiger partial charge in [-0.1, -0.05) is 24.3 Å². The molecule has 1 aliphatic heterocycles. The number of β-amino-alcohol motifs (C(OH)–C–C–N with tert-alkyl or cyclic N) is 1. The molecule has 1 aliphatic rings. The SMILES string of the molecule is Cn1c(C(=O)N2C[C@@H](O)[C@H](F)C2)cc2ccc(-c3nccc(Nc4ccc(-c5cn[nH]c5)cc4)n3)cc21. The van der Waals surface area contributed by atoms with Crippen LogP contribution >= 0.6 is 0 Å². The van der Waals surface area contributed by atoms with E-state index in [1.165, 1.54) is 4.90 Å². The first-order valence-electron chi connectivity index (χ1n) is 11.9. The van der Waals surface area contributed by atoms with Gasteiger partial charge in [0.05, 0.1) is 12.7 Å².